The first-order valence-corrected chi connectivity index (χ1v) is 6.55. The van der Waals surface area contributed by atoms with Crippen LogP contribution < -0.4 is 5.14 Å². The maximum absolute atomic E-state index is 11.6. The van der Waals surface area contributed by atoms with Gasteiger partial charge < -0.3 is 0 Å². The lowest BCUT2D eigenvalue weighted by Crippen LogP contribution is -2.54. The van der Waals surface area contributed by atoms with Gasteiger partial charge in [0.25, 0.3) is 0 Å². The molecule has 1 atom stereocenters. The standard InChI is InChI=1S/C10H17NOS/c11-13(12)10-4-7-1-8(5-10)3-9(2-7)6-10/h7-9H,1-6,11H2. The summed E-state index contributed by atoms with van der Waals surface area (Å²) in [6.07, 6.45) is 7.66. The van der Waals surface area contributed by atoms with Crippen molar-refractivity contribution in [2.75, 3.05) is 0 Å². The molecule has 2 N–H and O–H groups in total. The predicted molar refractivity (Wildman–Crippen MR) is 53.2 cm³/mol. The van der Waals surface area contributed by atoms with Crippen molar-refractivity contribution in [2.45, 2.75) is 43.3 Å². The summed E-state index contributed by atoms with van der Waals surface area (Å²) in [4.78, 5) is 0. The molecule has 74 valence electrons. The van der Waals surface area contributed by atoms with Gasteiger partial charge in [0.1, 0.15) is 0 Å². The lowest BCUT2D eigenvalue weighted by molar-refractivity contribution is 0.0361. The van der Waals surface area contributed by atoms with Crippen LogP contribution >= 0.6 is 0 Å². The van der Waals surface area contributed by atoms with Gasteiger partial charge in [-0.3, -0.25) is 5.14 Å². The zero-order valence-corrected chi connectivity index (χ0v) is 8.69. The highest BCUT2D eigenvalue weighted by Gasteiger charge is 2.53. The van der Waals surface area contributed by atoms with Gasteiger partial charge in [-0.15, -0.1) is 0 Å². The molecule has 0 aromatic rings. The van der Waals surface area contributed by atoms with Crippen LogP contribution in [0.2, 0.25) is 0 Å². The van der Waals surface area contributed by atoms with E-state index in [0.717, 1.165) is 37.0 Å². The molecular formula is C10H17NOS. The van der Waals surface area contributed by atoms with Crippen LogP contribution in [0.15, 0.2) is 0 Å². The molecule has 2 nitrogen and oxygen atoms in total. The molecule has 4 bridgehead atoms. The molecule has 0 radical (unpaired) electrons. The lowest BCUT2D eigenvalue weighted by atomic mass is 9.56. The Morgan fingerprint density at radius 2 is 1.38 bits per heavy atom. The van der Waals surface area contributed by atoms with Crippen LogP contribution in [0.25, 0.3) is 0 Å². The molecule has 4 saturated carbocycles. The van der Waals surface area contributed by atoms with Gasteiger partial charge in [0.15, 0.2) is 0 Å². The van der Waals surface area contributed by atoms with Gasteiger partial charge in [-0.2, -0.15) is 0 Å². The summed E-state index contributed by atoms with van der Waals surface area (Å²) >= 11 is 0. The minimum atomic E-state index is -1.07. The van der Waals surface area contributed by atoms with Gasteiger partial charge in [-0.25, -0.2) is 4.21 Å². The molecule has 4 aliphatic carbocycles. The SMILES string of the molecule is NS(=O)C12CC3CC(CC(C3)C1)C2. The molecule has 0 amide bonds. The van der Waals surface area contributed by atoms with Gasteiger partial charge >= 0.3 is 0 Å². The summed E-state index contributed by atoms with van der Waals surface area (Å²) in [5.74, 6) is 2.58. The highest BCUT2D eigenvalue weighted by molar-refractivity contribution is 7.84. The first-order valence-electron chi connectivity index (χ1n) is 5.34. The largest absolute Gasteiger partial charge is 0.251 e. The summed E-state index contributed by atoms with van der Waals surface area (Å²) in [6.45, 7) is 0. The molecule has 4 aliphatic rings. The smallest absolute Gasteiger partial charge is 0.0951 e. The molecule has 0 aromatic carbocycles. The van der Waals surface area contributed by atoms with Crippen molar-refractivity contribution < 1.29 is 4.21 Å². The summed E-state index contributed by atoms with van der Waals surface area (Å²) in [6, 6.07) is 0. The Morgan fingerprint density at radius 1 is 1.00 bits per heavy atom. The van der Waals surface area contributed by atoms with E-state index in [2.05, 4.69) is 0 Å². The van der Waals surface area contributed by atoms with Crippen LogP contribution in [0, 0.1) is 17.8 Å². The van der Waals surface area contributed by atoms with E-state index in [9.17, 15) is 4.21 Å². The molecule has 4 fully saturated rings. The summed E-state index contributed by atoms with van der Waals surface area (Å²) in [5.41, 5.74) is 0. The van der Waals surface area contributed by atoms with Crippen LogP contribution in [-0.2, 0) is 11.0 Å². The van der Waals surface area contributed by atoms with Crippen molar-refractivity contribution in [2.24, 2.45) is 22.9 Å². The van der Waals surface area contributed by atoms with Gasteiger partial charge in [0.2, 0.25) is 0 Å². The monoisotopic (exact) mass is 199 g/mol. The molecule has 0 aliphatic heterocycles. The van der Waals surface area contributed by atoms with Gasteiger partial charge in [0, 0.05) is 0 Å². The second kappa shape index (κ2) is 2.57. The average Bonchev–Trinajstić information content (AvgIpc) is 2.00. The molecular weight excluding hydrogens is 182 g/mol. The highest BCUT2D eigenvalue weighted by Crippen LogP contribution is 2.57. The Bertz CT molecular complexity index is 228. The third-order valence-corrected chi connectivity index (χ3v) is 5.76. The van der Waals surface area contributed by atoms with Crippen molar-refractivity contribution >= 4 is 11.0 Å². The van der Waals surface area contributed by atoms with E-state index in [0.29, 0.717) is 0 Å². The van der Waals surface area contributed by atoms with E-state index in [-0.39, 0.29) is 4.75 Å². The average molecular weight is 199 g/mol. The zero-order chi connectivity index (χ0) is 9.05. The van der Waals surface area contributed by atoms with Crippen LogP contribution in [0.4, 0.5) is 0 Å². The molecule has 0 aromatic heterocycles. The summed E-state index contributed by atoms with van der Waals surface area (Å²) in [5, 5.41) is 5.66. The molecule has 0 heterocycles. The van der Waals surface area contributed by atoms with E-state index in [1.165, 1.54) is 19.3 Å². The Balaban J connectivity index is 1.95. The first-order chi connectivity index (χ1) is 6.18. The van der Waals surface area contributed by atoms with Crippen LogP contribution in [0.3, 0.4) is 0 Å². The third-order valence-electron chi connectivity index (χ3n) is 4.41. The fourth-order valence-electron chi connectivity index (χ4n) is 4.28. The van der Waals surface area contributed by atoms with Gasteiger partial charge in [0.05, 0.1) is 15.7 Å². The van der Waals surface area contributed by atoms with E-state index in [1.807, 2.05) is 0 Å². The maximum Gasteiger partial charge on any atom is 0.0951 e. The van der Waals surface area contributed by atoms with Gasteiger partial charge in [-0.05, 0) is 56.3 Å². The number of hydrogen-bond donors (Lipinski definition) is 1. The second-order valence-corrected chi connectivity index (χ2v) is 6.86. The summed E-state index contributed by atoms with van der Waals surface area (Å²) < 4.78 is 11.6. The predicted octanol–water partition coefficient (Wildman–Crippen LogP) is 1.58. The van der Waals surface area contributed by atoms with Crippen LogP contribution in [0.1, 0.15) is 38.5 Å². The Morgan fingerprint density at radius 3 is 1.69 bits per heavy atom. The van der Waals surface area contributed by atoms with Crippen molar-refractivity contribution in [3.63, 3.8) is 0 Å². The quantitative estimate of drug-likeness (QED) is 0.684. The fraction of sp³-hybridized carbons (Fsp3) is 1.00. The van der Waals surface area contributed by atoms with Crippen molar-refractivity contribution in [3.05, 3.63) is 0 Å². The normalized spacial score (nSPS) is 55.3. The van der Waals surface area contributed by atoms with Crippen molar-refractivity contribution in [1.82, 2.24) is 0 Å². The Kier molecular flexibility index (Phi) is 1.67. The second-order valence-electron chi connectivity index (χ2n) is 5.40. The van der Waals surface area contributed by atoms with Crippen molar-refractivity contribution in [3.8, 4) is 0 Å². The maximum atomic E-state index is 11.6. The topological polar surface area (TPSA) is 43.1 Å². The van der Waals surface area contributed by atoms with Crippen LogP contribution in [-0.4, -0.2) is 8.96 Å². The number of rotatable bonds is 1. The lowest BCUT2D eigenvalue weighted by Gasteiger charge is -2.55. The number of hydrogen-bond acceptors (Lipinski definition) is 1. The highest BCUT2D eigenvalue weighted by atomic mass is 32.2. The molecule has 0 saturated heterocycles. The third kappa shape index (κ3) is 1.13. The summed E-state index contributed by atoms with van der Waals surface area (Å²) in [7, 11) is -1.07. The van der Waals surface area contributed by atoms with Crippen LogP contribution in [0.5, 0.6) is 0 Å². The minimum Gasteiger partial charge on any atom is -0.251 e. The fourth-order valence-corrected chi connectivity index (χ4v) is 5.48. The first kappa shape index (κ1) is 8.42. The molecule has 4 rings (SSSR count). The van der Waals surface area contributed by atoms with E-state index in [1.54, 1.807) is 0 Å². The van der Waals surface area contributed by atoms with E-state index >= 15 is 0 Å². The van der Waals surface area contributed by atoms with E-state index < -0.39 is 11.0 Å². The van der Waals surface area contributed by atoms with E-state index in [4.69, 9.17) is 5.14 Å². The zero-order valence-electron chi connectivity index (χ0n) is 7.87. The number of nitrogens with two attached hydrogens (primary N) is 1. The Hall–Kier alpha value is 0.110. The molecule has 0 spiro atoms. The molecule has 13 heavy (non-hydrogen) atoms. The minimum absolute atomic E-state index is 0.0503. The van der Waals surface area contributed by atoms with Crippen molar-refractivity contribution in [1.29, 1.82) is 0 Å². The molecule has 1 unspecified atom stereocenters. The van der Waals surface area contributed by atoms with Gasteiger partial charge in [-0.1, -0.05) is 0 Å². The molecule has 3 heteroatoms. The Labute approximate surface area is 81.9 Å².